The van der Waals surface area contributed by atoms with Gasteiger partial charge in [0.15, 0.2) is 0 Å². The molecule has 11 heavy (non-hydrogen) atoms. The van der Waals surface area contributed by atoms with Gasteiger partial charge in [0.1, 0.15) is 0 Å². The highest BCUT2D eigenvalue weighted by Gasteiger charge is 2.65. The molecule has 60 valence electrons. The maximum absolute atomic E-state index is 5.48. The van der Waals surface area contributed by atoms with Gasteiger partial charge >= 0.3 is 0 Å². The molecular weight excluding hydrogens is 156 g/mol. The minimum absolute atomic E-state index is 0.721. The zero-order valence-corrected chi connectivity index (χ0v) is 7.45. The number of ether oxygens (including phenoxy) is 2. The minimum Gasteiger partial charge on any atom is -0.370 e. The summed E-state index contributed by atoms with van der Waals surface area (Å²) in [5.74, 6) is 0. The molecule has 3 heteroatoms. The molecule has 0 amide bonds. The normalized spacial score (nSPS) is 69.8. The lowest BCUT2D eigenvalue weighted by Crippen LogP contribution is -2.31. The highest BCUT2D eigenvalue weighted by Crippen LogP contribution is 2.57. The molecule has 0 aromatic carbocycles. The molecule has 0 N–H and O–H groups in total. The molecular formula is C8H12O2Si. The highest BCUT2D eigenvalue weighted by atomic mass is 28.3. The SMILES string of the molecule is C1C2OC2C[Si]12CC1OC1C2. The summed E-state index contributed by atoms with van der Waals surface area (Å²) in [6, 6.07) is 5.92. The summed E-state index contributed by atoms with van der Waals surface area (Å²) in [5.41, 5.74) is 0. The molecule has 0 aliphatic carbocycles. The third-order valence-corrected chi connectivity index (χ3v) is 8.99. The molecule has 0 bridgehead atoms. The standard InChI is InChI=1S/C8H12O2Si/c1-5-6(9-5)2-11(1)3-7-8(4-11)10-7/h5-8H,1-4H2. The summed E-state index contributed by atoms with van der Waals surface area (Å²) in [4.78, 5) is 0. The van der Waals surface area contributed by atoms with Crippen molar-refractivity contribution in [3.8, 4) is 0 Å². The van der Waals surface area contributed by atoms with Crippen LogP contribution in [0.25, 0.3) is 0 Å². The van der Waals surface area contributed by atoms with E-state index in [2.05, 4.69) is 0 Å². The van der Waals surface area contributed by atoms with Gasteiger partial charge in [-0.2, -0.15) is 0 Å². The van der Waals surface area contributed by atoms with Crippen molar-refractivity contribution in [3.05, 3.63) is 0 Å². The fourth-order valence-electron chi connectivity index (χ4n) is 3.28. The third kappa shape index (κ3) is 0.650. The van der Waals surface area contributed by atoms with Crippen LogP contribution in [0.2, 0.25) is 24.2 Å². The van der Waals surface area contributed by atoms with Crippen molar-refractivity contribution in [2.24, 2.45) is 0 Å². The van der Waals surface area contributed by atoms with Gasteiger partial charge in [-0.25, -0.2) is 0 Å². The summed E-state index contributed by atoms with van der Waals surface area (Å²) in [6.07, 6.45) is 2.89. The first-order chi connectivity index (χ1) is 5.35. The molecule has 4 aliphatic heterocycles. The average Bonchev–Trinajstić information content (AvgIpc) is 2.77. The highest BCUT2D eigenvalue weighted by molar-refractivity contribution is 6.82. The van der Waals surface area contributed by atoms with Crippen LogP contribution in [0.15, 0.2) is 0 Å². The van der Waals surface area contributed by atoms with E-state index < -0.39 is 8.07 Å². The Bertz CT molecular complexity index is 183. The Hall–Kier alpha value is 0.137. The van der Waals surface area contributed by atoms with E-state index in [1.807, 2.05) is 0 Å². The summed E-state index contributed by atoms with van der Waals surface area (Å²) in [7, 11) is -0.746. The number of hydrogen-bond donors (Lipinski definition) is 0. The van der Waals surface area contributed by atoms with Gasteiger partial charge in [-0.1, -0.05) is 0 Å². The second-order valence-electron chi connectivity index (χ2n) is 4.74. The van der Waals surface area contributed by atoms with E-state index in [0.717, 1.165) is 24.4 Å². The van der Waals surface area contributed by atoms with Crippen molar-refractivity contribution in [1.82, 2.24) is 0 Å². The Kier molecular flexibility index (Phi) is 0.756. The molecule has 4 saturated heterocycles. The summed E-state index contributed by atoms with van der Waals surface area (Å²) in [5, 5.41) is 0. The first-order valence-corrected chi connectivity index (χ1v) is 7.49. The monoisotopic (exact) mass is 168 g/mol. The molecule has 4 atom stereocenters. The Morgan fingerprint density at radius 2 is 1.09 bits per heavy atom. The zero-order chi connectivity index (χ0) is 7.05. The third-order valence-electron chi connectivity index (χ3n) is 3.91. The van der Waals surface area contributed by atoms with Gasteiger partial charge in [0.05, 0.1) is 32.5 Å². The van der Waals surface area contributed by atoms with Crippen LogP contribution in [0.1, 0.15) is 0 Å². The minimum atomic E-state index is -0.746. The molecule has 0 aromatic heterocycles. The van der Waals surface area contributed by atoms with Gasteiger partial charge in [0.2, 0.25) is 0 Å². The first-order valence-electron chi connectivity index (χ1n) is 4.66. The average molecular weight is 168 g/mol. The lowest BCUT2D eigenvalue weighted by Gasteiger charge is -2.22. The van der Waals surface area contributed by atoms with Crippen molar-refractivity contribution < 1.29 is 9.47 Å². The van der Waals surface area contributed by atoms with Crippen molar-refractivity contribution in [3.63, 3.8) is 0 Å². The molecule has 0 saturated carbocycles. The van der Waals surface area contributed by atoms with E-state index in [9.17, 15) is 0 Å². The van der Waals surface area contributed by atoms with Crippen LogP contribution >= 0.6 is 0 Å². The van der Waals surface area contributed by atoms with Gasteiger partial charge in [0, 0.05) is 0 Å². The van der Waals surface area contributed by atoms with Crippen molar-refractivity contribution in [1.29, 1.82) is 0 Å². The van der Waals surface area contributed by atoms with E-state index in [0.29, 0.717) is 0 Å². The smallest absolute Gasteiger partial charge is 0.0815 e. The molecule has 4 unspecified atom stereocenters. The Morgan fingerprint density at radius 3 is 1.45 bits per heavy atom. The van der Waals surface area contributed by atoms with Gasteiger partial charge in [0.25, 0.3) is 0 Å². The molecule has 1 spiro atoms. The number of epoxide rings is 2. The first kappa shape index (κ1) is 5.73. The number of hydrogen-bond acceptors (Lipinski definition) is 2. The molecule has 0 radical (unpaired) electrons. The maximum Gasteiger partial charge on any atom is 0.0815 e. The zero-order valence-electron chi connectivity index (χ0n) is 6.45. The van der Waals surface area contributed by atoms with E-state index >= 15 is 0 Å². The Balaban J connectivity index is 1.63. The Morgan fingerprint density at radius 1 is 0.727 bits per heavy atom. The van der Waals surface area contributed by atoms with Crippen LogP contribution in [-0.2, 0) is 9.47 Å². The summed E-state index contributed by atoms with van der Waals surface area (Å²) >= 11 is 0. The quantitative estimate of drug-likeness (QED) is 0.398. The molecule has 4 aliphatic rings. The van der Waals surface area contributed by atoms with E-state index in [4.69, 9.17) is 9.47 Å². The van der Waals surface area contributed by atoms with Crippen molar-refractivity contribution in [2.75, 3.05) is 0 Å². The van der Waals surface area contributed by atoms with E-state index in [-0.39, 0.29) is 0 Å². The van der Waals surface area contributed by atoms with Crippen molar-refractivity contribution in [2.45, 2.75) is 48.6 Å². The van der Waals surface area contributed by atoms with Crippen LogP contribution in [0.4, 0.5) is 0 Å². The predicted molar refractivity (Wildman–Crippen MR) is 42.3 cm³/mol. The largest absolute Gasteiger partial charge is 0.370 e. The van der Waals surface area contributed by atoms with Gasteiger partial charge < -0.3 is 9.47 Å². The molecule has 4 heterocycles. The van der Waals surface area contributed by atoms with Gasteiger partial charge in [-0.05, 0) is 24.2 Å². The fraction of sp³-hybridized carbons (Fsp3) is 1.00. The fourth-order valence-corrected chi connectivity index (χ4v) is 9.13. The van der Waals surface area contributed by atoms with Crippen LogP contribution < -0.4 is 0 Å². The van der Waals surface area contributed by atoms with Gasteiger partial charge in [-0.15, -0.1) is 0 Å². The summed E-state index contributed by atoms with van der Waals surface area (Å²) in [6.45, 7) is 0. The second-order valence-corrected chi connectivity index (χ2v) is 9.38. The predicted octanol–water partition coefficient (Wildman–Crippen LogP) is 0.997. The number of fused-ring (bicyclic) bond motifs is 2. The Labute approximate surface area is 66.9 Å². The second kappa shape index (κ2) is 1.45. The van der Waals surface area contributed by atoms with Crippen LogP contribution in [0.5, 0.6) is 0 Å². The molecule has 4 rings (SSSR count). The van der Waals surface area contributed by atoms with Crippen LogP contribution in [0.3, 0.4) is 0 Å². The molecule has 2 nitrogen and oxygen atoms in total. The lowest BCUT2D eigenvalue weighted by molar-refractivity contribution is 0.358. The molecule has 0 aromatic rings. The molecule has 4 fully saturated rings. The maximum atomic E-state index is 5.48. The number of rotatable bonds is 0. The van der Waals surface area contributed by atoms with Crippen LogP contribution in [-0.4, -0.2) is 32.5 Å². The van der Waals surface area contributed by atoms with E-state index in [1.165, 1.54) is 24.2 Å². The topological polar surface area (TPSA) is 25.1 Å². The lowest BCUT2D eigenvalue weighted by atomic mass is 10.4. The van der Waals surface area contributed by atoms with Gasteiger partial charge in [-0.3, -0.25) is 0 Å². The van der Waals surface area contributed by atoms with E-state index in [1.54, 1.807) is 0 Å². The van der Waals surface area contributed by atoms with Crippen LogP contribution in [0, 0.1) is 0 Å². The van der Waals surface area contributed by atoms with Crippen molar-refractivity contribution >= 4 is 8.07 Å². The summed E-state index contributed by atoms with van der Waals surface area (Å²) < 4.78 is 11.0.